The summed E-state index contributed by atoms with van der Waals surface area (Å²) in [6.07, 6.45) is 0. The van der Waals surface area contributed by atoms with Crippen LogP contribution in [0.15, 0.2) is 23.6 Å². The maximum absolute atomic E-state index is 13.7. The number of amides is 2. The first-order valence-corrected chi connectivity index (χ1v) is 7.55. The van der Waals surface area contributed by atoms with Crippen molar-refractivity contribution in [2.45, 2.75) is 13.5 Å². The molecule has 0 spiro atoms. The van der Waals surface area contributed by atoms with Gasteiger partial charge in [-0.05, 0) is 12.1 Å². The average molecular weight is 342 g/mol. The molecule has 2 amide bonds. The van der Waals surface area contributed by atoms with Crippen LogP contribution in [0, 0.1) is 5.82 Å². The summed E-state index contributed by atoms with van der Waals surface area (Å²) >= 11 is 7.09. The Bertz CT molecular complexity index is 700. The predicted octanol–water partition coefficient (Wildman–Crippen LogP) is 3.17. The summed E-state index contributed by atoms with van der Waals surface area (Å²) in [5, 5.41) is 4.64. The zero-order chi connectivity index (χ0) is 16.3. The number of hydrogen-bond donors (Lipinski definition) is 1. The molecule has 1 aromatic heterocycles. The van der Waals surface area contributed by atoms with Crippen LogP contribution in [0.25, 0.3) is 0 Å². The Labute approximate surface area is 135 Å². The number of nitrogens with one attached hydrogen (secondary N) is 1. The second kappa shape index (κ2) is 6.85. The molecule has 1 heterocycles. The largest absolute Gasteiger partial charge is 0.336 e. The number of thiazole rings is 1. The van der Waals surface area contributed by atoms with E-state index < -0.39 is 5.82 Å². The minimum absolute atomic E-state index is 0.0251. The standard InChI is InChI=1S/C14H13ClFN3O2S/c1-8(20)17-14-18-12(7-22-14)13(21)19(2)6-9-10(15)4-3-5-11(9)16/h3-5,7H,6H2,1-2H3,(H,17,18,20). The molecule has 1 aromatic carbocycles. The first-order valence-electron chi connectivity index (χ1n) is 6.30. The van der Waals surface area contributed by atoms with Gasteiger partial charge in [-0.1, -0.05) is 17.7 Å². The molecule has 2 aromatic rings. The lowest BCUT2D eigenvalue weighted by molar-refractivity contribution is -0.114. The van der Waals surface area contributed by atoms with Crippen molar-refractivity contribution in [3.63, 3.8) is 0 Å². The molecule has 0 unspecified atom stereocenters. The molecule has 0 aliphatic heterocycles. The third kappa shape index (κ3) is 3.80. The van der Waals surface area contributed by atoms with Crippen molar-refractivity contribution in [1.29, 1.82) is 0 Å². The molecule has 1 N–H and O–H groups in total. The Morgan fingerprint density at radius 2 is 2.18 bits per heavy atom. The maximum atomic E-state index is 13.7. The molecule has 0 aliphatic carbocycles. The predicted molar refractivity (Wildman–Crippen MR) is 83.6 cm³/mol. The van der Waals surface area contributed by atoms with Crippen molar-refractivity contribution in [1.82, 2.24) is 9.88 Å². The molecule has 2 rings (SSSR count). The number of rotatable bonds is 4. The van der Waals surface area contributed by atoms with Crippen LogP contribution in [0.1, 0.15) is 23.0 Å². The lowest BCUT2D eigenvalue weighted by atomic mass is 10.2. The van der Waals surface area contributed by atoms with Gasteiger partial charge in [0.05, 0.1) is 6.54 Å². The van der Waals surface area contributed by atoms with Crippen molar-refractivity contribution in [3.8, 4) is 0 Å². The van der Waals surface area contributed by atoms with Crippen molar-refractivity contribution in [3.05, 3.63) is 45.7 Å². The summed E-state index contributed by atoms with van der Waals surface area (Å²) in [5.74, 6) is -1.11. The van der Waals surface area contributed by atoms with Gasteiger partial charge in [-0.15, -0.1) is 11.3 Å². The number of carbonyl (C=O) groups excluding carboxylic acids is 2. The van der Waals surface area contributed by atoms with E-state index in [4.69, 9.17) is 11.6 Å². The van der Waals surface area contributed by atoms with Crippen LogP contribution in [0.5, 0.6) is 0 Å². The Hall–Kier alpha value is -1.99. The molecule has 0 saturated carbocycles. The summed E-state index contributed by atoms with van der Waals surface area (Å²) in [7, 11) is 1.53. The molecular weight excluding hydrogens is 329 g/mol. The summed E-state index contributed by atoms with van der Waals surface area (Å²) in [4.78, 5) is 28.6. The van der Waals surface area contributed by atoms with Gasteiger partial charge in [-0.3, -0.25) is 9.59 Å². The monoisotopic (exact) mass is 341 g/mol. The van der Waals surface area contributed by atoms with E-state index in [-0.39, 0.29) is 34.6 Å². The number of carbonyl (C=O) groups is 2. The van der Waals surface area contributed by atoms with Crippen molar-refractivity contribution < 1.29 is 14.0 Å². The molecule has 0 radical (unpaired) electrons. The van der Waals surface area contributed by atoms with Crippen molar-refractivity contribution >= 4 is 39.9 Å². The summed E-state index contributed by atoms with van der Waals surface area (Å²) < 4.78 is 13.7. The fourth-order valence-electron chi connectivity index (χ4n) is 1.77. The second-order valence-corrected chi connectivity index (χ2v) is 5.85. The minimum atomic E-state index is -0.468. The first kappa shape index (κ1) is 16.4. The van der Waals surface area contributed by atoms with Gasteiger partial charge in [0, 0.05) is 29.9 Å². The van der Waals surface area contributed by atoms with Crippen LogP contribution in [-0.4, -0.2) is 28.7 Å². The van der Waals surface area contributed by atoms with Crippen LogP contribution in [-0.2, 0) is 11.3 Å². The average Bonchev–Trinajstić information content (AvgIpc) is 2.89. The summed E-state index contributed by atoms with van der Waals surface area (Å²) in [6, 6.07) is 4.36. The molecule has 0 aliphatic rings. The van der Waals surface area contributed by atoms with E-state index in [1.165, 1.54) is 36.4 Å². The van der Waals surface area contributed by atoms with Gasteiger partial charge >= 0.3 is 0 Å². The molecule has 8 heteroatoms. The fraction of sp³-hybridized carbons (Fsp3) is 0.214. The highest BCUT2D eigenvalue weighted by molar-refractivity contribution is 7.14. The Morgan fingerprint density at radius 3 is 2.82 bits per heavy atom. The van der Waals surface area contributed by atoms with Crippen molar-refractivity contribution in [2.75, 3.05) is 12.4 Å². The number of anilines is 1. The highest BCUT2D eigenvalue weighted by Crippen LogP contribution is 2.22. The van der Waals surface area contributed by atoms with Gasteiger partial charge in [0.1, 0.15) is 11.5 Å². The Morgan fingerprint density at radius 1 is 1.45 bits per heavy atom. The Balaban J connectivity index is 2.12. The smallest absolute Gasteiger partial charge is 0.273 e. The highest BCUT2D eigenvalue weighted by atomic mass is 35.5. The third-order valence-electron chi connectivity index (χ3n) is 2.81. The number of aromatic nitrogens is 1. The number of hydrogen-bond acceptors (Lipinski definition) is 4. The van der Waals surface area contributed by atoms with E-state index in [2.05, 4.69) is 10.3 Å². The third-order valence-corrected chi connectivity index (χ3v) is 3.92. The second-order valence-electron chi connectivity index (χ2n) is 4.58. The van der Waals surface area contributed by atoms with E-state index in [0.29, 0.717) is 5.13 Å². The van der Waals surface area contributed by atoms with Gasteiger partial charge in [0.15, 0.2) is 5.13 Å². The number of halogens is 2. The molecule has 0 bridgehead atoms. The molecular formula is C14H13ClFN3O2S. The summed E-state index contributed by atoms with van der Waals surface area (Å²) in [5.41, 5.74) is 0.432. The highest BCUT2D eigenvalue weighted by Gasteiger charge is 2.18. The number of nitrogens with zero attached hydrogens (tertiary/aromatic N) is 2. The van der Waals surface area contributed by atoms with Crippen LogP contribution in [0.4, 0.5) is 9.52 Å². The van der Waals surface area contributed by atoms with E-state index in [9.17, 15) is 14.0 Å². The van der Waals surface area contributed by atoms with Crippen LogP contribution < -0.4 is 5.32 Å². The van der Waals surface area contributed by atoms with E-state index in [1.54, 1.807) is 6.07 Å². The molecule has 0 fully saturated rings. The van der Waals surface area contributed by atoms with Gasteiger partial charge in [0.2, 0.25) is 5.91 Å². The van der Waals surface area contributed by atoms with Crippen LogP contribution in [0.3, 0.4) is 0 Å². The lowest BCUT2D eigenvalue weighted by Crippen LogP contribution is -2.27. The molecule has 0 saturated heterocycles. The van der Waals surface area contributed by atoms with Crippen LogP contribution >= 0.6 is 22.9 Å². The zero-order valence-electron chi connectivity index (χ0n) is 11.9. The van der Waals surface area contributed by atoms with Gasteiger partial charge in [0.25, 0.3) is 5.91 Å². The number of benzene rings is 1. The van der Waals surface area contributed by atoms with E-state index in [0.717, 1.165) is 11.3 Å². The Kier molecular flexibility index (Phi) is 5.10. The molecule has 116 valence electrons. The minimum Gasteiger partial charge on any atom is -0.336 e. The van der Waals surface area contributed by atoms with Gasteiger partial charge in [-0.2, -0.15) is 0 Å². The molecule has 5 nitrogen and oxygen atoms in total. The van der Waals surface area contributed by atoms with Gasteiger partial charge in [-0.25, -0.2) is 9.37 Å². The zero-order valence-corrected chi connectivity index (χ0v) is 13.5. The quantitative estimate of drug-likeness (QED) is 0.929. The normalized spacial score (nSPS) is 10.4. The molecule has 0 atom stereocenters. The van der Waals surface area contributed by atoms with E-state index in [1.807, 2.05) is 0 Å². The van der Waals surface area contributed by atoms with E-state index >= 15 is 0 Å². The summed E-state index contributed by atoms with van der Waals surface area (Å²) in [6.45, 7) is 1.38. The SMILES string of the molecule is CC(=O)Nc1nc(C(=O)N(C)Cc2c(F)cccc2Cl)cs1. The molecule has 22 heavy (non-hydrogen) atoms. The topological polar surface area (TPSA) is 62.3 Å². The van der Waals surface area contributed by atoms with Crippen LogP contribution in [0.2, 0.25) is 5.02 Å². The first-order chi connectivity index (χ1) is 10.4. The lowest BCUT2D eigenvalue weighted by Gasteiger charge is -2.17. The fourth-order valence-corrected chi connectivity index (χ4v) is 2.72. The maximum Gasteiger partial charge on any atom is 0.273 e. The van der Waals surface area contributed by atoms with Gasteiger partial charge < -0.3 is 10.2 Å². The van der Waals surface area contributed by atoms with Crippen molar-refractivity contribution in [2.24, 2.45) is 0 Å².